The molecule has 0 saturated heterocycles. The van der Waals surface area contributed by atoms with E-state index in [0.29, 0.717) is 12.2 Å². The minimum atomic E-state index is -0.0434. The molecule has 5 heteroatoms. The van der Waals surface area contributed by atoms with Crippen LogP contribution in [0.3, 0.4) is 0 Å². The van der Waals surface area contributed by atoms with Crippen LogP contribution in [0.1, 0.15) is 42.7 Å². The second kappa shape index (κ2) is 9.77. The number of hydrogen-bond donors (Lipinski definition) is 0. The molecule has 5 nitrogen and oxygen atoms in total. The third-order valence-electron chi connectivity index (χ3n) is 4.15. The number of amides is 1. The third-order valence-corrected chi connectivity index (χ3v) is 4.15. The average Bonchev–Trinajstić information content (AvgIpc) is 2.66. The summed E-state index contributed by atoms with van der Waals surface area (Å²) in [5.41, 5.74) is 2.75. The molecule has 0 atom stereocenters. The molecule has 2 aromatic heterocycles. The van der Waals surface area contributed by atoms with Gasteiger partial charge in [0.15, 0.2) is 0 Å². The summed E-state index contributed by atoms with van der Waals surface area (Å²) in [6, 6.07) is 7.78. The Morgan fingerprint density at radius 3 is 2.24 bits per heavy atom. The van der Waals surface area contributed by atoms with Gasteiger partial charge in [0.25, 0.3) is 5.91 Å². The molecule has 25 heavy (non-hydrogen) atoms. The molecule has 0 fully saturated rings. The number of pyridine rings is 2. The van der Waals surface area contributed by atoms with E-state index in [2.05, 4.69) is 28.7 Å². The molecule has 0 saturated carbocycles. The van der Waals surface area contributed by atoms with Gasteiger partial charge in [0.1, 0.15) is 5.69 Å². The Balaban J connectivity index is 1.96. The topological polar surface area (TPSA) is 49.3 Å². The molecule has 2 rings (SSSR count). The van der Waals surface area contributed by atoms with Crippen molar-refractivity contribution in [3.05, 3.63) is 54.1 Å². The number of hydrogen-bond acceptors (Lipinski definition) is 4. The molecular weight excluding hydrogens is 312 g/mol. The maximum atomic E-state index is 12.5. The van der Waals surface area contributed by atoms with Crippen molar-refractivity contribution in [2.75, 3.05) is 31.6 Å². The van der Waals surface area contributed by atoms with Gasteiger partial charge in [-0.15, -0.1) is 0 Å². The predicted molar refractivity (Wildman–Crippen MR) is 102 cm³/mol. The van der Waals surface area contributed by atoms with E-state index in [-0.39, 0.29) is 5.91 Å². The smallest absolute Gasteiger partial charge is 0.272 e. The zero-order chi connectivity index (χ0) is 18.1. The summed E-state index contributed by atoms with van der Waals surface area (Å²) in [4.78, 5) is 25.0. The number of nitrogens with zero attached hydrogens (tertiary/aromatic N) is 4. The average molecular weight is 340 g/mol. The number of carbonyl (C=O) groups excluding carboxylic acids is 1. The van der Waals surface area contributed by atoms with Crippen molar-refractivity contribution in [2.45, 2.75) is 33.1 Å². The monoisotopic (exact) mass is 340 g/mol. The molecule has 0 N–H and O–H groups in total. The van der Waals surface area contributed by atoms with E-state index in [0.717, 1.165) is 38.0 Å². The minimum absolute atomic E-state index is 0.0434. The molecule has 0 bridgehead atoms. The normalized spacial score (nSPS) is 10.5. The van der Waals surface area contributed by atoms with Crippen LogP contribution in [-0.2, 0) is 6.42 Å². The summed E-state index contributed by atoms with van der Waals surface area (Å²) in [5, 5.41) is 0. The Kier molecular flexibility index (Phi) is 7.38. The zero-order valence-electron chi connectivity index (χ0n) is 15.5. The Labute approximate surface area is 150 Å². The number of rotatable bonds is 9. The summed E-state index contributed by atoms with van der Waals surface area (Å²) in [5.74, 6) is -0.0434. The molecule has 0 spiro atoms. The van der Waals surface area contributed by atoms with Crippen molar-refractivity contribution in [1.29, 1.82) is 0 Å². The van der Waals surface area contributed by atoms with Gasteiger partial charge in [0.2, 0.25) is 0 Å². The first-order valence-electron chi connectivity index (χ1n) is 9.01. The predicted octanol–water partition coefficient (Wildman–Crippen LogP) is 3.42. The summed E-state index contributed by atoms with van der Waals surface area (Å²) in [7, 11) is 1.82. The van der Waals surface area contributed by atoms with Crippen LogP contribution in [0.15, 0.2) is 42.9 Å². The van der Waals surface area contributed by atoms with Gasteiger partial charge < -0.3 is 9.80 Å². The molecular formula is C20H28N4O. The van der Waals surface area contributed by atoms with Gasteiger partial charge in [-0.25, -0.2) is 4.98 Å². The van der Waals surface area contributed by atoms with Gasteiger partial charge in [0.05, 0.1) is 11.9 Å². The van der Waals surface area contributed by atoms with Crippen LogP contribution in [0, 0.1) is 0 Å². The fraction of sp³-hybridized carbons (Fsp3) is 0.450. The standard InChI is InChI=1S/C20H28N4O/c1-4-13-24(14-5-2)18-6-7-19(22-16-18)20(25)23(3)15-10-17-8-11-21-12-9-17/h6-9,11-12,16H,4-5,10,13-15H2,1-3H3. The van der Waals surface area contributed by atoms with Crippen LogP contribution in [0.4, 0.5) is 5.69 Å². The van der Waals surface area contributed by atoms with Crippen molar-refractivity contribution >= 4 is 11.6 Å². The van der Waals surface area contributed by atoms with Gasteiger partial charge >= 0.3 is 0 Å². The molecule has 134 valence electrons. The summed E-state index contributed by atoms with van der Waals surface area (Å²) >= 11 is 0. The third kappa shape index (κ3) is 5.55. The van der Waals surface area contributed by atoms with Crippen molar-refractivity contribution in [3.63, 3.8) is 0 Å². The molecule has 0 aromatic carbocycles. The Morgan fingerprint density at radius 2 is 1.68 bits per heavy atom. The fourth-order valence-electron chi connectivity index (χ4n) is 2.75. The highest BCUT2D eigenvalue weighted by Gasteiger charge is 2.14. The van der Waals surface area contributed by atoms with Crippen molar-refractivity contribution < 1.29 is 4.79 Å². The first kappa shape index (κ1) is 18.9. The fourth-order valence-corrected chi connectivity index (χ4v) is 2.75. The number of aromatic nitrogens is 2. The molecule has 2 aromatic rings. The van der Waals surface area contributed by atoms with Gasteiger partial charge in [-0.05, 0) is 49.1 Å². The van der Waals surface area contributed by atoms with E-state index in [1.165, 1.54) is 5.56 Å². The lowest BCUT2D eigenvalue weighted by Gasteiger charge is -2.23. The lowest BCUT2D eigenvalue weighted by molar-refractivity contribution is 0.0791. The second-order valence-electron chi connectivity index (χ2n) is 6.22. The summed E-state index contributed by atoms with van der Waals surface area (Å²) < 4.78 is 0. The summed E-state index contributed by atoms with van der Waals surface area (Å²) in [6.07, 6.45) is 8.36. The maximum absolute atomic E-state index is 12.5. The maximum Gasteiger partial charge on any atom is 0.272 e. The first-order valence-corrected chi connectivity index (χ1v) is 9.01. The van der Waals surface area contributed by atoms with Crippen LogP contribution in [0.2, 0.25) is 0 Å². The largest absolute Gasteiger partial charge is 0.370 e. The van der Waals surface area contributed by atoms with Crippen molar-refractivity contribution in [2.24, 2.45) is 0 Å². The molecule has 0 aliphatic heterocycles. The summed E-state index contributed by atoms with van der Waals surface area (Å²) in [6.45, 7) is 7.02. The molecule has 1 amide bonds. The SMILES string of the molecule is CCCN(CCC)c1ccc(C(=O)N(C)CCc2ccncc2)nc1. The lowest BCUT2D eigenvalue weighted by atomic mass is 10.2. The Hall–Kier alpha value is -2.43. The highest BCUT2D eigenvalue weighted by Crippen LogP contribution is 2.15. The van der Waals surface area contributed by atoms with Gasteiger partial charge in [-0.3, -0.25) is 9.78 Å². The van der Waals surface area contributed by atoms with Gasteiger partial charge in [-0.1, -0.05) is 13.8 Å². The zero-order valence-corrected chi connectivity index (χ0v) is 15.5. The number of carbonyl (C=O) groups is 1. The molecule has 0 aliphatic rings. The van der Waals surface area contributed by atoms with E-state index in [9.17, 15) is 4.79 Å². The molecule has 0 radical (unpaired) electrons. The van der Waals surface area contributed by atoms with E-state index in [1.54, 1.807) is 17.3 Å². The van der Waals surface area contributed by atoms with E-state index >= 15 is 0 Å². The minimum Gasteiger partial charge on any atom is -0.370 e. The quantitative estimate of drug-likeness (QED) is 0.702. The van der Waals surface area contributed by atoms with E-state index in [4.69, 9.17) is 0 Å². The van der Waals surface area contributed by atoms with Crippen molar-refractivity contribution in [3.8, 4) is 0 Å². The molecule has 0 aliphatic carbocycles. The van der Waals surface area contributed by atoms with Crippen LogP contribution < -0.4 is 4.90 Å². The first-order chi connectivity index (χ1) is 12.2. The highest BCUT2D eigenvalue weighted by atomic mass is 16.2. The van der Waals surface area contributed by atoms with Gasteiger partial charge in [-0.2, -0.15) is 0 Å². The molecule has 0 unspecified atom stereocenters. The highest BCUT2D eigenvalue weighted by molar-refractivity contribution is 5.92. The van der Waals surface area contributed by atoms with Gasteiger partial charge in [0, 0.05) is 39.1 Å². The van der Waals surface area contributed by atoms with Crippen molar-refractivity contribution in [1.82, 2.24) is 14.9 Å². The Morgan fingerprint density at radius 1 is 1.00 bits per heavy atom. The lowest BCUT2D eigenvalue weighted by Crippen LogP contribution is -2.30. The van der Waals surface area contributed by atoms with Crippen LogP contribution in [-0.4, -0.2) is 47.5 Å². The molecule has 2 heterocycles. The van der Waals surface area contributed by atoms with E-state index < -0.39 is 0 Å². The number of anilines is 1. The second-order valence-corrected chi connectivity index (χ2v) is 6.22. The van der Waals surface area contributed by atoms with E-state index in [1.807, 2.05) is 37.5 Å². The van der Waals surface area contributed by atoms with Crippen LogP contribution in [0.5, 0.6) is 0 Å². The number of likely N-dealkylation sites (N-methyl/N-ethyl adjacent to an activating group) is 1. The van der Waals surface area contributed by atoms with Crippen LogP contribution in [0.25, 0.3) is 0 Å². The van der Waals surface area contributed by atoms with Crippen LogP contribution >= 0.6 is 0 Å². The Bertz CT molecular complexity index is 637.